The highest BCUT2D eigenvalue weighted by Crippen LogP contribution is 2.29. The second-order valence-corrected chi connectivity index (χ2v) is 6.96. The largest absolute Gasteiger partial charge is 0.489 e. The first-order valence-electron chi connectivity index (χ1n) is 8.03. The van der Waals surface area contributed by atoms with Crippen molar-refractivity contribution in [3.05, 3.63) is 77.4 Å². The van der Waals surface area contributed by atoms with Crippen molar-refractivity contribution < 1.29 is 4.74 Å². The number of anilines is 2. The van der Waals surface area contributed by atoms with Crippen LogP contribution in [0, 0.1) is 6.92 Å². The third-order valence-corrected chi connectivity index (χ3v) is 4.78. The Morgan fingerprint density at radius 1 is 1.00 bits per heavy atom. The van der Waals surface area contributed by atoms with Crippen LogP contribution < -0.4 is 10.1 Å². The van der Waals surface area contributed by atoms with E-state index in [2.05, 4.69) is 40.4 Å². The van der Waals surface area contributed by atoms with Crippen LogP contribution in [0.2, 0.25) is 0 Å². The Labute approximate surface area is 150 Å². The zero-order valence-corrected chi connectivity index (χ0v) is 14.6. The summed E-state index contributed by atoms with van der Waals surface area (Å²) >= 11 is 1.67. The van der Waals surface area contributed by atoms with Crippen molar-refractivity contribution in [3.63, 3.8) is 0 Å². The van der Waals surface area contributed by atoms with Gasteiger partial charge in [-0.05, 0) is 42.8 Å². The average molecular weight is 347 g/mol. The van der Waals surface area contributed by atoms with Gasteiger partial charge in [-0.25, -0.2) is 9.97 Å². The van der Waals surface area contributed by atoms with Crippen LogP contribution in [0.5, 0.6) is 5.75 Å². The van der Waals surface area contributed by atoms with Crippen LogP contribution >= 0.6 is 11.3 Å². The highest BCUT2D eigenvalue weighted by Gasteiger charge is 2.07. The molecule has 0 amide bonds. The Hall–Kier alpha value is -2.92. The van der Waals surface area contributed by atoms with Gasteiger partial charge < -0.3 is 10.1 Å². The van der Waals surface area contributed by atoms with Gasteiger partial charge >= 0.3 is 0 Å². The van der Waals surface area contributed by atoms with Gasteiger partial charge in [-0.15, -0.1) is 11.3 Å². The van der Waals surface area contributed by atoms with Crippen LogP contribution in [-0.4, -0.2) is 9.97 Å². The predicted octanol–water partition coefficient (Wildman–Crippen LogP) is 5.32. The second kappa shape index (κ2) is 6.91. The molecule has 1 N–H and O–H groups in total. The van der Waals surface area contributed by atoms with Crippen molar-refractivity contribution in [2.75, 3.05) is 5.32 Å². The summed E-state index contributed by atoms with van der Waals surface area (Å²) < 4.78 is 5.82. The van der Waals surface area contributed by atoms with E-state index in [9.17, 15) is 0 Å². The highest BCUT2D eigenvalue weighted by molar-refractivity contribution is 7.18. The molecule has 0 aliphatic rings. The van der Waals surface area contributed by atoms with Crippen LogP contribution in [0.4, 0.5) is 11.5 Å². The second-order valence-electron chi connectivity index (χ2n) is 5.72. The minimum absolute atomic E-state index is 0.564. The lowest BCUT2D eigenvalue weighted by molar-refractivity contribution is 0.306. The number of nitrogens with one attached hydrogen (secondary N) is 1. The predicted molar refractivity (Wildman–Crippen MR) is 103 cm³/mol. The van der Waals surface area contributed by atoms with Crippen molar-refractivity contribution in [1.82, 2.24) is 9.97 Å². The molecule has 0 aliphatic heterocycles. The minimum atomic E-state index is 0.564. The molecular weight excluding hydrogens is 330 g/mol. The molecule has 25 heavy (non-hydrogen) atoms. The topological polar surface area (TPSA) is 47.0 Å². The molecular formula is C20H17N3OS. The first-order valence-corrected chi connectivity index (χ1v) is 8.84. The van der Waals surface area contributed by atoms with E-state index in [1.807, 2.05) is 42.5 Å². The lowest BCUT2D eigenvalue weighted by atomic mass is 10.2. The van der Waals surface area contributed by atoms with E-state index in [4.69, 9.17) is 4.74 Å². The SMILES string of the molecule is Cc1cc2c(Nc3ccc(OCc4ccccc4)cc3)ncnc2s1. The van der Waals surface area contributed by atoms with Gasteiger partial charge in [-0.1, -0.05) is 30.3 Å². The van der Waals surface area contributed by atoms with Crippen molar-refractivity contribution >= 4 is 33.1 Å². The third kappa shape index (κ3) is 3.61. The van der Waals surface area contributed by atoms with Gasteiger partial charge in [0.1, 0.15) is 29.3 Å². The number of aryl methyl sites for hydroxylation is 1. The molecule has 5 heteroatoms. The fraction of sp³-hybridized carbons (Fsp3) is 0.100. The monoisotopic (exact) mass is 347 g/mol. The fourth-order valence-electron chi connectivity index (χ4n) is 2.59. The number of fused-ring (bicyclic) bond motifs is 1. The number of hydrogen-bond donors (Lipinski definition) is 1. The maximum absolute atomic E-state index is 5.82. The quantitative estimate of drug-likeness (QED) is 0.530. The lowest BCUT2D eigenvalue weighted by Crippen LogP contribution is -1.96. The number of thiophene rings is 1. The number of ether oxygens (including phenoxy) is 1. The summed E-state index contributed by atoms with van der Waals surface area (Å²) in [5, 5.41) is 4.41. The minimum Gasteiger partial charge on any atom is -0.489 e. The van der Waals surface area contributed by atoms with Gasteiger partial charge in [0, 0.05) is 10.6 Å². The summed E-state index contributed by atoms with van der Waals surface area (Å²) in [6.07, 6.45) is 1.60. The maximum atomic E-state index is 5.82. The number of aromatic nitrogens is 2. The number of benzene rings is 2. The van der Waals surface area contributed by atoms with Gasteiger partial charge in [0.05, 0.1) is 5.39 Å². The maximum Gasteiger partial charge on any atom is 0.142 e. The van der Waals surface area contributed by atoms with Crippen LogP contribution in [0.1, 0.15) is 10.4 Å². The molecule has 0 saturated heterocycles. The van der Waals surface area contributed by atoms with E-state index in [1.165, 1.54) is 4.88 Å². The van der Waals surface area contributed by atoms with E-state index in [-0.39, 0.29) is 0 Å². The van der Waals surface area contributed by atoms with Crippen LogP contribution in [0.3, 0.4) is 0 Å². The first-order chi connectivity index (χ1) is 12.3. The summed E-state index contributed by atoms with van der Waals surface area (Å²) in [6, 6.07) is 20.2. The van der Waals surface area contributed by atoms with Crippen molar-refractivity contribution in [1.29, 1.82) is 0 Å². The molecule has 4 aromatic rings. The van der Waals surface area contributed by atoms with Crippen LogP contribution in [0.15, 0.2) is 67.0 Å². The number of nitrogens with zero attached hydrogens (tertiary/aromatic N) is 2. The van der Waals surface area contributed by atoms with E-state index < -0.39 is 0 Å². The zero-order chi connectivity index (χ0) is 17.1. The van der Waals surface area contributed by atoms with Crippen molar-refractivity contribution in [3.8, 4) is 5.75 Å². The summed E-state index contributed by atoms with van der Waals surface area (Å²) in [5.41, 5.74) is 2.12. The fourth-order valence-corrected chi connectivity index (χ4v) is 3.43. The molecule has 0 spiro atoms. The van der Waals surface area contributed by atoms with E-state index in [0.29, 0.717) is 6.61 Å². The highest BCUT2D eigenvalue weighted by atomic mass is 32.1. The summed E-state index contributed by atoms with van der Waals surface area (Å²) in [6.45, 7) is 2.64. The Kier molecular flexibility index (Phi) is 4.31. The Bertz CT molecular complexity index is 981. The summed E-state index contributed by atoms with van der Waals surface area (Å²) in [5.74, 6) is 1.67. The van der Waals surface area contributed by atoms with Gasteiger partial charge in [-0.2, -0.15) is 0 Å². The standard InChI is InChI=1S/C20H17N3OS/c1-14-11-18-19(21-13-22-20(18)25-14)23-16-7-9-17(10-8-16)24-12-15-5-3-2-4-6-15/h2-11,13H,12H2,1H3,(H,21,22,23). The smallest absolute Gasteiger partial charge is 0.142 e. The van der Waals surface area contributed by atoms with E-state index in [0.717, 1.165) is 33.0 Å². The van der Waals surface area contributed by atoms with Gasteiger partial charge in [-0.3, -0.25) is 0 Å². The van der Waals surface area contributed by atoms with Crippen molar-refractivity contribution in [2.24, 2.45) is 0 Å². The van der Waals surface area contributed by atoms with E-state index >= 15 is 0 Å². The third-order valence-electron chi connectivity index (χ3n) is 3.82. The van der Waals surface area contributed by atoms with Crippen LogP contribution in [0.25, 0.3) is 10.2 Å². The van der Waals surface area contributed by atoms with E-state index in [1.54, 1.807) is 17.7 Å². The van der Waals surface area contributed by atoms with Gasteiger partial charge in [0.25, 0.3) is 0 Å². The molecule has 2 aromatic carbocycles. The molecule has 0 fully saturated rings. The summed E-state index contributed by atoms with van der Waals surface area (Å²) in [7, 11) is 0. The molecule has 4 nitrogen and oxygen atoms in total. The molecule has 0 unspecified atom stereocenters. The first kappa shape index (κ1) is 15.6. The summed E-state index contributed by atoms with van der Waals surface area (Å²) in [4.78, 5) is 10.9. The molecule has 0 atom stereocenters. The molecule has 124 valence electrons. The number of rotatable bonds is 5. The molecule has 0 aliphatic carbocycles. The Balaban J connectivity index is 1.46. The normalized spacial score (nSPS) is 10.8. The molecule has 0 bridgehead atoms. The Morgan fingerprint density at radius 3 is 2.60 bits per heavy atom. The molecule has 2 aromatic heterocycles. The van der Waals surface area contributed by atoms with Crippen molar-refractivity contribution in [2.45, 2.75) is 13.5 Å². The zero-order valence-electron chi connectivity index (χ0n) is 13.8. The molecule has 2 heterocycles. The molecule has 0 saturated carbocycles. The average Bonchev–Trinajstić information content (AvgIpc) is 3.03. The van der Waals surface area contributed by atoms with Crippen LogP contribution in [-0.2, 0) is 6.61 Å². The molecule has 0 radical (unpaired) electrons. The lowest BCUT2D eigenvalue weighted by Gasteiger charge is -2.09. The Morgan fingerprint density at radius 2 is 1.80 bits per heavy atom. The number of hydrogen-bond acceptors (Lipinski definition) is 5. The molecule has 4 rings (SSSR count). The van der Waals surface area contributed by atoms with Gasteiger partial charge in [0.15, 0.2) is 0 Å². The van der Waals surface area contributed by atoms with Gasteiger partial charge in [0.2, 0.25) is 0 Å².